The molecule has 2 aliphatic rings. The molecule has 2 N–H and O–H groups in total. The zero-order chi connectivity index (χ0) is 11.6. The number of hydrogen-bond donors (Lipinski definition) is 1. The maximum Gasteiger partial charge on any atom is 0.0628 e. The fourth-order valence-electron chi connectivity index (χ4n) is 2.97. The number of rotatable bonds is 4. The summed E-state index contributed by atoms with van der Waals surface area (Å²) < 4.78 is 0. The van der Waals surface area contributed by atoms with E-state index in [1.807, 2.05) is 0 Å². The van der Waals surface area contributed by atoms with E-state index >= 15 is 0 Å². The van der Waals surface area contributed by atoms with Gasteiger partial charge < -0.3 is 5.73 Å². The zero-order valence-electron chi connectivity index (χ0n) is 10.3. The number of nitriles is 1. The van der Waals surface area contributed by atoms with Crippen molar-refractivity contribution >= 4 is 0 Å². The lowest BCUT2D eigenvalue weighted by molar-refractivity contribution is 0.105. The molecule has 1 heterocycles. The molecular weight excluding hydrogens is 198 g/mol. The van der Waals surface area contributed by atoms with Crippen LogP contribution in [0.25, 0.3) is 0 Å². The molecule has 2 atom stereocenters. The smallest absolute Gasteiger partial charge is 0.0628 e. The summed E-state index contributed by atoms with van der Waals surface area (Å²) in [5.74, 6) is 0. The summed E-state index contributed by atoms with van der Waals surface area (Å²) in [6.07, 6.45) is 7.06. The van der Waals surface area contributed by atoms with E-state index in [-0.39, 0.29) is 6.04 Å². The van der Waals surface area contributed by atoms with E-state index in [0.29, 0.717) is 11.5 Å². The van der Waals surface area contributed by atoms with Gasteiger partial charge in [0.15, 0.2) is 0 Å². The highest BCUT2D eigenvalue weighted by Gasteiger charge is 2.45. The minimum Gasteiger partial charge on any atom is -0.327 e. The van der Waals surface area contributed by atoms with Crippen LogP contribution in [0.3, 0.4) is 0 Å². The standard InChI is InChI=1S/C13H23N3/c1-11(15)12-4-2-3-9-16(12)10-13(5-6-13)7-8-14/h11-12H,2-7,9-10,15H2,1H3. The topological polar surface area (TPSA) is 53.0 Å². The molecule has 3 nitrogen and oxygen atoms in total. The largest absolute Gasteiger partial charge is 0.327 e. The Kier molecular flexibility index (Phi) is 3.51. The van der Waals surface area contributed by atoms with Gasteiger partial charge in [0, 0.05) is 25.0 Å². The highest BCUT2D eigenvalue weighted by Crippen LogP contribution is 2.49. The monoisotopic (exact) mass is 221 g/mol. The Hall–Kier alpha value is -0.590. The lowest BCUT2D eigenvalue weighted by Gasteiger charge is -2.39. The second-order valence-electron chi connectivity index (χ2n) is 5.73. The summed E-state index contributed by atoms with van der Waals surface area (Å²) in [6.45, 7) is 4.40. The summed E-state index contributed by atoms with van der Waals surface area (Å²) in [6, 6.07) is 3.15. The van der Waals surface area contributed by atoms with Gasteiger partial charge in [0.05, 0.1) is 6.07 Å². The van der Waals surface area contributed by atoms with Crippen LogP contribution >= 0.6 is 0 Å². The molecular formula is C13H23N3. The average Bonchev–Trinajstić information content (AvgIpc) is 2.99. The maximum atomic E-state index is 8.85. The zero-order valence-corrected chi connectivity index (χ0v) is 10.3. The van der Waals surface area contributed by atoms with Gasteiger partial charge in [-0.15, -0.1) is 0 Å². The van der Waals surface area contributed by atoms with Gasteiger partial charge in [-0.25, -0.2) is 0 Å². The van der Waals surface area contributed by atoms with E-state index in [2.05, 4.69) is 17.9 Å². The van der Waals surface area contributed by atoms with E-state index in [0.717, 1.165) is 13.0 Å². The molecule has 0 amide bonds. The van der Waals surface area contributed by atoms with Crippen molar-refractivity contribution in [1.82, 2.24) is 4.90 Å². The average molecular weight is 221 g/mol. The lowest BCUT2D eigenvalue weighted by Crippen LogP contribution is -2.50. The second kappa shape index (κ2) is 4.73. The van der Waals surface area contributed by atoms with Crippen LogP contribution in [0.1, 0.15) is 45.4 Å². The third-order valence-electron chi connectivity index (χ3n) is 4.22. The molecule has 0 aromatic heterocycles. The predicted octanol–water partition coefficient (Wildman–Crippen LogP) is 1.88. The van der Waals surface area contributed by atoms with E-state index in [4.69, 9.17) is 11.0 Å². The van der Waals surface area contributed by atoms with Crippen molar-refractivity contribution in [3.63, 3.8) is 0 Å². The molecule has 0 aromatic rings. The molecule has 1 saturated heterocycles. The molecule has 90 valence electrons. The van der Waals surface area contributed by atoms with Gasteiger partial charge in [-0.3, -0.25) is 4.90 Å². The quantitative estimate of drug-likeness (QED) is 0.788. The first-order chi connectivity index (χ1) is 7.67. The molecule has 0 spiro atoms. The predicted molar refractivity (Wildman–Crippen MR) is 64.8 cm³/mol. The van der Waals surface area contributed by atoms with Gasteiger partial charge in [0.25, 0.3) is 0 Å². The summed E-state index contributed by atoms with van der Waals surface area (Å²) in [4.78, 5) is 2.55. The van der Waals surface area contributed by atoms with Crippen LogP contribution < -0.4 is 5.73 Å². The molecule has 2 unspecified atom stereocenters. The Morgan fingerprint density at radius 1 is 1.50 bits per heavy atom. The summed E-state index contributed by atoms with van der Waals surface area (Å²) in [7, 11) is 0. The highest BCUT2D eigenvalue weighted by molar-refractivity contribution is 5.02. The third kappa shape index (κ3) is 2.56. The molecule has 1 saturated carbocycles. The van der Waals surface area contributed by atoms with Crippen LogP contribution in [0.5, 0.6) is 0 Å². The summed E-state index contributed by atoms with van der Waals surface area (Å²) >= 11 is 0. The highest BCUT2D eigenvalue weighted by atomic mass is 15.2. The van der Waals surface area contributed by atoms with Crippen molar-refractivity contribution in [3.8, 4) is 6.07 Å². The van der Waals surface area contributed by atoms with Crippen LogP contribution in [0.4, 0.5) is 0 Å². The summed E-state index contributed by atoms with van der Waals surface area (Å²) in [5.41, 5.74) is 6.40. The van der Waals surface area contributed by atoms with E-state index < -0.39 is 0 Å². The first-order valence-electron chi connectivity index (χ1n) is 6.53. The van der Waals surface area contributed by atoms with Crippen molar-refractivity contribution in [2.75, 3.05) is 13.1 Å². The van der Waals surface area contributed by atoms with Crippen molar-refractivity contribution in [2.24, 2.45) is 11.1 Å². The maximum absolute atomic E-state index is 8.85. The number of likely N-dealkylation sites (tertiary alicyclic amines) is 1. The lowest BCUT2D eigenvalue weighted by atomic mass is 9.93. The molecule has 2 fully saturated rings. The van der Waals surface area contributed by atoms with Gasteiger partial charge in [-0.2, -0.15) is 5.26 Å². The van der Waals surface area contributed by atoms with Gasteiger partial charge in [0.2, 0.25) is 0 Å². The van der Waals surface area contributed by atoms with Crippen LogP contribution in [0.15, 0.2) is 0 Å². The van der Waals surface area contributed by atoms with Gasteiger partial charge >= 0.3 is 0 Å². The Morgan fingerprint density at radius 3 is 2.81 bits per heavy atom. The number of hydrogen-bond acceptors (Lipinski definition) is 3. The molecule has 0 aromatic carbocycles. The number of piperidine rings is 1. The first-order valence-corrected chi connectivity index (χ1v) is 6.53. The second-order valence-corrected chi connectivity index (χ2v) is 5.73. The first kappa shape index (κ1) is 11.9. The Morgan fingerprint density at radius 2 is 2.25 bits per heavy atom. The van der Waals surface area contributed by atoms with Gasteiger partial charge in [0.1, 0.15) is 0 Å². The van der Waals surface area contributed by atoms with Crippen LogP contribution in [-0.2, 0) is 0 Å². The molecule has 16 heavy (non-hydrogen) atoms. The Balaban J connectivity index is 1.94. The Bertz CT molecular complexity index is 275. The third-order valence-corrected chi connectivity index (χ3v) is 4.22. The molecule has 0 radical (unpaired) electrons. The number of nitrogens with zero attached hydrogens (tertiary/aromatic N) is 2. The minimum atomic E-state index is 0.262. The van der Waals surface area contributed by atoms with E-state index in [1.165, 1.54) is 38.6 Å². The fraction of sp³-hybridized carbons (Fsp3) is 0.923. The van der Waals surface area contributed by atoms with Crippen molar-refractivity contribution in [3.05, 3.63) is 0 Å². The molecule has 3 heteroatoms. The molecule has 1 aliphatic carbocycles. The van der Waals surface area contributed by atoms with Crippen LogP contribution in [-0.4, -0.2) is 30.1 Å². The molecule has 1 aliphatic heterocycles. The normalized spacial score (nSPS) is 30.7. The van der Waals surface area contributed by atoms with Crippen molar-refractivity contribution < 1.29 is 0 Å². The van der Waals surface area contributed by atoms with Gasteiger partial charge in [-0.1, -0.05) is 6.42 Å². The fourth-order valence-corrected chi connectivity index (χ4v) is 2.97. The Labute approximate surface area is 98.6 Å². The number of nitrogens with two attached hydrogens (primary N) is 1. The van der Waals surface area contributed by atoms with Crippen molar-refractivity contribution in [2.45, 2.75) is 57.5 Å². The SMILES string of the molecule is CC(N)C1CCCCN1CC1(CC#N)CC1. The molecule has 2 rings (SSSR count). The van der Waals surface area contributed by atoms with Gasteiger partial charge in [-0.05, 0) is 44.6 Å². The summed E-state index contributed by atoms with van der Waals surface area (Å²) in [5, 5.41) is 8.85. The minimum absolute atomic E-state index is 0.262. The van der Waals surface area contributed by atoms with Crippen LogP contribution in [0, 0.1) is 16.7 Å². The van der Waals surface area contributed by atoms with Crippen molar-refractivity contribution in [1.29, 1.82) is 5.26 Å². The van der Waals surface area contributed by atoms with E-state index in [1.54, 1.807) is 0 Å². The van der Waals surface area contributed by atoms with Crippen LogP contribution in [0.2, 0.25) is 0 Å². The molecule has 0 bridgehead atoms. The van der Waals surface area contributed by atoms with E-state index in [9.17, 15) is 0 Å².